The van der Waals surface area contributed by atoms with Gasteiger partial charge in [-0.05, 0) is 6.42 Å². The van der Waals surface area contributed by atoms with Gasteiger partial charge in [-0.25, -0.2) is 4.98 Å². The topological polar surface area (TPSA) is 86.6 Å². The second kappa shape index (κ2) is 8.94. The van der Waals surface area contributed by atoms with Crippen LogP contribution in [0.1, 0.15) is 18.5 Å². The molecule has 0 bridgehead atoms. The number of guanidine groups is 1. The fourth-order valence-electron chi connectivity index (χ4n) is 2.43. The molecule has 2 heterocycles. The van der Waals surface area contributed by atoms with E-state index >= 15 is 0 Å². The van der Waals surface area contributed by atoms with Crippen LogP contribution in [-0.2, 0) is 18.4 Å². The minimum atomic E-state index is 0. The Labute approximate surface area is 154 Å². The fraction of sp³-hybridized carbons (Fsp3) is 0.643. The maximum absolute atomic E-state index is 11.2. The quantitative estimate of drug-likeness (QED) is 0.354. The molecule has 1 aliphatic heterocycles. The summed E-state index contributed by atoms with van der Waals surface area (Å²) in [5, 5.41) is 9.47. The van der Waals surface area contributed by atoms with Crippen LogP contribution in [0.15, 0.2) is 11.2 Å². The number of amides is 1. The molecular weight excluding hydrogens is 409 g/mol. The number of carbonyl (C=O) groups is 1. The molecule has 1 aromatic heterocycles. The van der Waals surface area contributed by atoms with Gasteiger partial charge in [-0.15, -0.1) is 24.0 Å². The van der Waals surface area contributed by atoms with Crippen LogP contribution in [0, 0.1) is 0 Å². The predicted octanol–water partition coefficient (Wildman–Crippen LogP) is 0.0477. The molecule has 0 saturated carbocycles. The van der Waals surface area contributed by atoms with Crippen molar-refractivity contribution in [1.82, 2.24) is 25.5 Å². The Bertz CT molecular complexity index is 545. The highest BCUT2D eigenvalue weighted by Crippen LogP contribution is 2.10. The number of rotatable bonds is 4. The number of piperidine rings is 1. The standard InChI is InChI=1S/C14H25N7O.HI/c1-15-13(19-10-5-6-12(22)16-7-10)17-8-11-9-18-14(20(2)3)21(11)4;/h9-10H,5-8H2,1-4H3,(H,16,22)(H2,15,17,19);1H. The largest absolute Gasteiger partial charge is 0.354 e. The van der Waals surface area contributed by atoms with Crippen LogP contribution in [0.5, 0.6) is 0 Å². The van der Waals surface area contributed by atoms with Crippen molar-refractivity contribution in [3.8, 4) is 0 Å². The van der Waals surface area contributed by atoms with Crippen molar-refractivity contribution >= 4 is 41.8 Å². The Hall–Kier alpha value is -1.52. The van der Waals surface area contributed by atoms with Crippen molar-refractivity contribution in [1.29, 1.82) is 0 Å². The first-order chi connectivity index (χ1) is 10.5. The zero-order chi connectivity index (χ0) is 16.1. The van der Waals surface area contributed by atoms with E-state index < -0.39 is 0 Å². The average Bonchev–Trinajstić information content (AvgIpc) is 2.86. The molecule has 0 spiro atoms. The van der Waals surface area contributed by atoms with Crippen molar-refractivity contribution in [2.45, 2.75) is 25.4 Å². The van der Waals surface area contributed by atoms with Gasteiger partial charge >= 0.3 is 0 Å². The van der Waals surface area contributed by atoms with Crippen LogP contribution < -0.4 is 20.9 Å². The summed E-state index contributed by atoms with van der Waals surface area (Å²) in [7, 11) is 7.67. The summed E-state index contributed by atoms with van der Waals surface area (Å²) >= 11 is 0. The summed E-state index contributed by atoms with van der Waals surface area (Å²) < 4.78 is 2.04. The van der Waals surface area contributed by atoms with E-state index in [-0.39, 0.29) is 35.9 Å². The number of aliphatic imine (C=N–C) groups is 1. The Morgan fingerprint density at radius 1 is 1.57 bits per heavy atom. The van der Waals surface area contributed by atoms with Crippen molar-refractivity contribution in [3.63, 3.8) is 0 Å². The minimum Gasteiger partial charge on any atom is -0.354 e. The molecule has 2 rings (SSSR count). The van der Waals surface area contributed by atoms with Crippen molar-refractivity contribution < 1.29 is 4.79 Å². The van der Waals surface area contributed by atoms with Gasteiger partial charge in [0.2, 0.25) is 11.9 Å². The molecule has 0 radical (unpaired) electrons. The van der Waals surface area contributed by atoms with E-state index in [1.165, 1.54) is 0 Å². The third kappa shape index (κ3) is 5.26. The van der Waals surface area contributed by atoms with Crippen LogP contribution in [0.25, 0.3) is 0 Å². The van der Waals surface area contributed by atoms with Gasteiger partial charge < -0.3 is 25.4 Å². The Kier molecular flexibility index (Phi) is 7.59. The minimum absolute atomic E-state index is 0. The maximum atomic E-state index is 11.2. The summed E-state index contributed by atoms with van der Waals surface area (Å²) in [5.74, 6) is 1.76. The summed E-state index contributed by atoms with van der Waals surface area (Å²) in [6.45, 7) is 1.27. The molecule has 1 unspecified atom stereocenters. The van der Waals surface area contributed by atoms with E-state index in [0.717, 1.165) is 24.0 Å². The predicted molar refractivity (Wildman–Crippen MR) is 102 cm³/mol. The molecule has 9 heteroatoms. The van der Waals surface area contributed by atoms with E-state index in [1.54, 1.807) is 7.05 Å². The summed E-state index contributed by atoms with van der Waals surface area (Å²) in [5.41, 5.74) is 1.07. The van der Waals surface area contributed by atoms with Crippen LogP contribution >= 0.6 is 24.0 Å². The summed E-state index contributed by atoms with van der Waals surface area (Å²) in [6.07, 6.45) is 3.24. The first-order valence-electron chi connectivity index (χ1n) is 7.43. The lowest BCUT2D eigenvalue weighted by Crippen LogP contribution is -2.51. The molecule has 1 aliphatic rings. The average molecular weight is 435 g/mol. The maximum Gasteiger partial charge on any atom is 0.220 e. The molecule has 130 valence electrons. The zero-order valence-electron chi connectivity index (χ0n) is 14.1. The molecule has 0 aliphatic carbocycles. The van der Waals surface area contributed by atoms with Gasteiger partial charge in [-0.3, -0.25) is 9.79 Å². The Morgan fingerprint density at radius 2 is 2.30 bits per heavy atom. The number of imidazole rings is 1. The first-order valence-corrected chi connectivity index (χ1v) is 7.43. The summed E-state index contributed by atoms with van der Waals surface area (Å²) in [4.78, 5) is 21.8. The van der Waals surface area contributed by atoms with Crippen molar-refractivity contribution in [3.05, 3.63) is 11.9 Å². The van der Waals surface area contributed by atoms with E-state index in [9.17, 15) is 4.79 Å². The lowest BCUT2D eigenvalue weighted by Gasteiger charge is -2.25. The second-order valence-corrected chi connectivity index (χ2v) is 5.61. The Balaban J connectivity index is 0.00000264. The van der Waals surface area contributed by atoms with Crippen LogP contribution in [0.2, 0.25) is 0 Å². The number of hydrogen-bond acceptors (Lipinski definition) is 4. The number of nitrogens with zero attached hydrogens (tertiary/aromatic N) is 4. The van der Waals surface area contributed by atoms with Gasteiger partial charge in [0.1, 0.15) is 0 Å². The third-order valence-electron chi connectivity index (χ3n) is 3.73. The van der Waals surface area contributed by atoms with E-state index in [1.807, 2.05) is 36.8 Å². The second-order valence-electron chi connectivity index (χ2n) is 5.61. The van der Waals surface area contributed by atoms with Gasteiger partial charge in [-0.2, -0.15) is 0 Å². The van der Waals surface area contributed by atoms with Gasteiger partial charge in [0, 0.05) is 47.2 Å². The Morgan fingerprint density at radius 3 is 2.83 bits per heavy atom. The van der Waals surface area contributed by atoms with Gasteiger partial charge in [0.05, 0.1) is 18.4 Å². The molecule has 1 atom stereocenters. The number of anilines is 1. The lowest BCUT2D eigenvalue weighted by atomic mass is 10.1. The van der Waals surface area contributed by atoms with Gasteiger partial charge in [0.25, 0.3) is 0 Å². The molecular formula is C14H26IN7O. The molecule has 3 N–H and O–H groups in total. The van der Waals surface area contributed by atoms with Crippen LogP contribution in [-0.4, -0.2) is 55.1 Å². The van der Waals surface area contributed by atoms with Gasteiger partial charge in [-0.1, -0.05) is 0 Å². The molecule has 8 nitrogen and oxygen atoms in total. The van der Waals surface area contributed by atoms with Crippen molar-refractivity contribution in [2.75, 3.05) is 32.6 Å². The lowest BCUT2D eigenvalue weighted by molar-refractivity contribution is -0.122. The number of aromatic nitrogens is 2. The smallest absolute Gasteiger partial charge is 0.220 e. The number of hydrogen-bond donors (Lipinski definition) is 3. The van der Waals surface area contributed by atoms with E-state index in [4.69, 9.17) is 0 Å². The normalized spacial score (nSPS) is 18.0. The SMILES string of the molecule is CN=C(NCc1cnc(N(C)C)n1C)NC1CCC(=O)NC1.I. The molecule has 1 fully saturated rings. The highest BCUT2D eigenvalue weighted by atomic mass is 127. The van der Waals surface area contributed by atoms with E-state index in [0.29, 0.717) is 19.5 Å². The number of carbonyl (C=O) groups excluding carboxylic acids is 1. The van der Waals surface area contributed by atoms with Crippen LogP contribution in [0.3, 0.4) is 0 Å². The third-order valence-corrected chi connectivity index (χ3v) is 3.73. The molecule has 0 aromatic carbocycles. The monoisotopic (exact) mass is 435 g/mol. The first kappa shape index (κ1) is 19.5. The van der Waals surface area contributed by atoms with Gasteiger partial charge in [0.15, 0.2) is 5.96 Å². The van der Waals surface area contributed by atoms with Crippen LogP contribution in [0.4, 0.5) is 5.95 Å². The zero-order valence-corrected chi connectivity index (χ0v) is 16.4. The van der Waals surface area contributed by atoms with E-state index in [2.05, 4.69) is 25.9 Å². The molecule has 1 aromatic rings. The molecule has 1 saturated heterocycles. The highest BCUT2D eigenvalue weighted by molar-refractivity contribution is 14.0. The molecule has 23 heavy (non-hydrogen) atoms. The van der Waals surface area contributed by atoms with Crippen molar-refractivity contribution in [2.24, 2.45) is 12.0 Å². The highest BCUT2D eigenvalue weighted by Gasteiger charge is 2.18. The summed E-state index contributed by atoms with van der Waals surface area (Å²) in [6, 6.07) is 0.216. The number of nitrogens with one attached hydrogen (secondary N) is 3. The fourth-order valence-corrected chi connectivity index (χ4v) is 2.43. The molecule has 1 amide bonds. The number of halogens is 1.